The minimum Gasteiger partial charge on any atom is -0.466 e. The highest BCUT2D eigenvalue weighted by Crippen LogP contribution is 2.28. The number of carbonyl (C=O) groups excluding carboxylic acids is 1. The van der Waals surface area contributed by atoms with Gasteiger partial charge in [-0.3, -0.25) is 4.79 Å². The summed E-state index contributed by atoms with van der Waals surface area (Å²) >= 11 is 0. The van der Waals surface area contributed by atoms with E-state index in [2.05, 4.69) is 15.4 Å². The molecule has 2 aromatic heterocycles. The zero-order valence-electron chi connectivity index (χ0n) is 14.7. The first-order valence-corrected chi connectivity index (χ1v) is 8.63. The Kier molecular flexibility index (Phi) is 4.44. The van der Waals surface area contributed by atoms with Crippen LogP contribution in [0.3, 0.4) is 0 Å². The van der Waals surface area contributed by atoms with Gasteiger partial charge >= 0.3 is 0 Å². The molecule has 3 heterocycles. The second kappa shape index (κ2) is 6.92. The van der Waals surface area contributed by atoms with Crippen LogP contribution >= 0.6 is 0 Å². The third kappa shape index (κ3) is 3.59. The van der Waals surface area contributed by atoms with Crippen LogP contribution < -0.4 is 5.73 Å². The van der Waals surface area contributed by atoms with Gasteiger partial charge in [0.25, 0.3) is 0 Å². The maximum Gasteiger partial charge on any atom is 0.246 e. The Hall–Kier alpha value is -3.07. The highest BCUT2D eigenvalue weighted by atomic mass is 19.1. The molecule has 0 radical (unpaired) electrons. The van der Waals surface area contributed by atoms with Crippen LogP contribution in [0.15, 0.2) is 40.8 Å². The number of hydrogen-bond donors (Lipinski definition) is 1. The van der Waals surface area contributed by atoms with Crippen molar-refractivity contribution in [1.29, 1.82) is 0 Å². The topological polar surface area (TPSA) is 103 Å². The molecule has 0 saturated carbocycles. The predicted octanol–water partition coefficient (Wildman–Crippen LogP) is 1.33. The molecule has 2 atom stereocenters. The molecule has 1 fully saturated rings. The number of amides is 1. The number of aryl methyl sites for hydroxylation is 1. The van der Waals surface area contributed by atoms with Gasteiger partial charge in [-0.25, -0.2) is 4.39 Å². The maximum absolute atomic E-state index is 13.0. The van der Waals surface area contributed by atoms with Crippen LogP contribution in [0, 0.1) is 12.7 Å². The van der Waals surface area contributed by atoms with Gasteiger partial charge in [0.05, 0.1) is 5.92 Å². The van der Waals surface area contributed by atoms with E-state index in [4.69, 9.17) is 10.2 Å². The van der Waals surface area contributed by atoms with E-state index < -0.39 is 0 Å². The fourth-order valence-corrected chi connectivity index (χ4v) is 3.23. The van der Waals surface area contributed by atoms with E-state index >= 15 is 0 Å². The molecule has 2 N–H and O–H groups in total. The van der Waals surface area contributed by atoms with Crippen molar-refractivity contribution in [1.82, 2.24) is 25.1 Å². The fourth-order valence-electron chi connectivity index (χ4n) is 3.23. The van der Waals surface area contributed by atoms with Crippen molar-refractivity contribution >= 4 is 5.91 Å². The lowest BCUT2D eigenvalue weighted by Crippen LogP contribution is -2.34. The number of rotatable bonds is 4. The number of nitrogens with two attached hydrogens (primary N) is 1. The van der Waals surface area contributed by atoms with Crippen molar-refractivity contribution in [2.24, 2.45) is 5.73 Å². The summed E-state index contributed by atoms with van der Waals surface area (Å²) in [6.45, 7) is 2.78. The Morgan fingerprint density at radius 3 is 2.74 bits per heavy atom. The summed E-state index contributed by atoms with van der Waals surface area (Å²) in [6, 6.07) is 9.39. The Morgan fingerprint density at radius 2 is 2.04 bits per heavy atom. The molecule has 27 heavy (non-hydrogen) atoms. The quantitative estimate of drug-likeness (QED) is 0.743. The Balaban J connectivity index is 1.42. The van der Waals surface area contributed by atoms with Gasteiger partial charge in [0.15, 0.2) is 0 Å². The summed E-state index contributed by atoms with van der Waals surface area (Å²) in [7, 11) is 0. The van der Waals surface area contributed by atoms with Crippen LogP contribution in [0.2, 0.25) is 0 Å². The number of benzene rings is 1. The zero-order valence-corrected chi connectivity index (χ0v) is 14.7. The molecule has 0 bridgehead atoms. The molecule has 0 aliphatic carbocycles. The molecule has 3 aromatic rings. The molecule has 1 aromatic carbocycles. The van der Waals surface area contributed by atoms with Crippen molar-refractivity contribution in [3.8, 4) is 11.4 Å². The average molecular weight is 370 g/mol. The summed E-state index contributed by atoms with van der Waals surface area (Å²) in [4.78, 5) is 15.5. The van der Waals surface area contributed by atoms with Gasteiger partial charge in [0.2, 0.25) is 11.7 Å². The summed E-state index contributed by atoms with van der Waals surface area (Å²) in [6.07, 6.45) is 0. The minimum absolute atomic E-state index is 0.0267. The zero-order chi connectivity index (χ0) is 19.0. The molecular formula is C18H19FN6O2. The lowest BCUT2D eigenvalue weighted by atomic mass is 10.0. The molecule has 140 valence electrons. The SMILES string of the molecule is Cc1ccc([C@H]2CN(C(=O)Cn3nnc(-c4ccc(F)cc4)n3)C[C@@H]2N)o1. The van der Waals surface area contributed by atoms with Gasteiger partial charge in [-0.05, 0) is 48.5 Å². The van der Waals surface area contributed by atoms with E-state index in [-0.39, 0.29) is 30.2 Å². The van der Waals surface area contributed by atoms with Gasteiger partial charge in [-0.2, -0.15) is 4.80 Å². The predicted molar refractivity (Wildman–Crippen MR) is 94.0 cm³/mol. The maximum atomic E-state index is 13.0. The van der Waals surface area contributed by atoms with Crippen LogP contribution in [-0.4, -0.2) is 50.1 Å². The smallest absolute Gasteiger partial charge is 0.246 e. The van der Waals surface area contributed by atoms with Gasteiger partial charge in [-0.1, -0.05) is 0 Å². The highest BCUT2D eigenvalue weighted by molar-refractivity contribution is 5.76. The number of nitrogens with zero attached hydrogens (tertiary/aromatic N) is 5. The van der Waals surface area contributed by atoms with E-state index in [0.29, 0.717) is 24.5 Å². The van der Waals surface area contributed by atoms with Crippen LogP contribution in [0.4, 0.5) is 4.39 Å². The summed E-state index contributed by atoms with van der Waals surface area (Å²) in [5.41, 5.74) is 6.83. The molecule has 1 aliphatic rings. The number of halogens is 1. The largest absolute Gasteiger partial charge is 0.466 e. The van der Waals surface area contributed by atoms with Crippen LogP contribution in [0.1, 0.15) is 17.4 Å². The van der Waals surface area contributed by atoms with E-state index in [0.717, 1.165) is 11.5 Å². The first-order chi connectivity index (χ1) is 13.0. The van der Waals surface area contributed by atoms with Gasteiger partial charge in [0.1, 0.15) is 23.9 Å². The minimum atomic E-state index is -0.340. The van der Waals surface area contributed by atoms with E-state index in [1.165, 1.54) is 16.9 Å². The van der Waals surface area contributed by atoms with Crippen molar-refractivity contribution in [3.05, 3.63) is 53.7 Å². The lowest BCUT2D eigenvalue weighted by Gasteiger charge is -2.15. The number of tetrazole rings is 1. The van der Waals surface area contributed by atoms with Crippen LogP contribution in [-0.2, 0) is 11.3 Å². The molecule has 1 aliphatic heterocycles. The number of aromatic nitrogens is 4. The number of hydrogen-bond acceptors (Lipinski definition) is 6. The number of carbonyl (C=O) groups is 1. The molecule has 9 heteroatoms. The Bertz CT molecular complexity index is 951. The van der Waals surface area contributed by atoms with Gasteiger partial charge in [0, 0.05) is 24.7 Å². The first-order valence-electron chi connectivity index (χ1n) is 8.63. The first kappa shape index (κ1) is 17.3. The Labute approximate surface area is 154 Å². The van der Waals surface area contributed by atoms with Crippen LogP contribution in [0.5, 0.6) is 0 Å². The molecule has 1 amide bonds. The average Bonchev–Trinajstić information content (AvgIpc) is 3.36. The summed E-state index contributed by atoms with van der Waals surface area (Å²) < 4.78 is 18.7. The second-order valence-electron chi connectivity index (χ2n) is 6.67. The van der Waals surface area contributed by atoms with Crippen molar-refractivity contribution < 1.29 is 13.6 Å². The number of likely N-dealkylation sites (tertiary alicyclic amines) is 1. The summed E-state index contributed by atoms with van der Waals surface area (Å²) in [5, 5.41) is 12.0. The third-order valence-corrected chi connectivity index (χ3v) is 4.68. The van der Waals surface area contributed by atoms with Gasteiger partial charge < -0.3 is 15.1 Å². The van der Waals surface area contributed by atoms with Crippen molar-refractivity contribution in [2.45, 2.75) is 25.4 Å². The molecule has 4 rings (SSSR count). The van der Waals surface area contributed by atoms with Crippen molar-refractivity contribution in [2.75, 3.05) is 13.1 Å². The van der Waals surface area contributed by atoms with Crippen LogP contribution in [0.25, 0.3) is 11.4 Å². The fraction of sp³-hybridized carbons (Fsp3) is 0.333. The normalized spacial score (nSPS) is 19.6. The highest BCUT2D eigenvalue weighted by Gasteiger charge is 2.35. The molecular weight excluding hydrogens is 351 g/mol. The molecule has 0 unspecified atom stereocenters. The molecule has 0 spiro atoms. The van der Waals surface area contributed by atoms with E-state index in [1.54, 1.807) is 17.0 Å². The lowest BCUT2D eigenvalue weighted by molar-refractivity contribution is -0.131. The monoisotopic (exact) mass is 370 g/mol. The molecule has 1 saturated heterocycles. The number of furan rings is 1. The standard InChI is InChI=1S/C18H19FN6O2/c1-11-2-7-16(27-11)14-8-24(9-15(14)20)17(26)10-25-22-18(21-23-25)12-3-5-13(19)6-4-12/h2-7,14-15H,8-10,20H2,1H3/t14-,15-/m0/s1. The van der Waals surface area contributed by atoms with E-state index in [9.17, 15) is 9.18 Å². The second-order valence-corrected chi connectivity index (χ2v) is 6.67. The Morgan fingerprint density at radius 1 is 1.26 bits per heavy atom. The molecule has 8 nitrogen and oxygen atoms in total. The van der Waals surface area contributed by atoms with Gasteiger partial charge in [-0.15, -0.1) is 10.2 Å². The van der Waals surface area contributed by atoms with E-state index in [1.807, 2.05) is 19.1 Å². The van der Waals surface area contributed by atoms with Crippen molar-refractivity contribution in [3.63, 3.8) is 0 Å². The summed E-state index contributed by atoms with van der Waals surface area (Å²) in [5.74, 6) is 1.45. The third-order valence-electron chi connectivity index (χ3n) is 4.68.